The molecule has 0 radical (unpaired) electrons. The fraction of sp³-hybridized carbons (Fsp3) is 0. The molecule has 0 saturated heterocycles. The van der Waals surface area contributed by atoms with E-state index in [-0.39, 0.29) is 6.71 Å². The van der Waals surface area contributed by atoms with Crippen molar-refractivity contribution in [3.8, 4) is 34.1 Å². The summed E-state index contributed by atoms with van der Waals surface area (Å²) in [6.45, 7) is -0.0991. The van der Waals surface area contributed by atoms with E-state index in [1.165, 1.54) is 16.4 Å². The van der Waals surface area contributed by atoms with E-state index in [2.05, 4.69) is 103 Å². The van der Waals surface area contributed by atoms with E-state index in [4.69, 9.17) is 34.9 Å². The zero-order chi connectivity index (χ0) is 36.9. The Hall–Kier alpha value is -7.99. The maximum absolute atomic E-state index is 5.14. The van der Waals surface area contributed by atoms with Crippen molar-refractivity contribution in [3.63, 3.8) is 0 Å². The van der Waals surface area contributed by atoms with Crippen LogP contribution < -0.4 is 16.4 Å². The molecule has 14 rings (SSSR count). The molecule has 2 aliphatic heterocycles. The average Bonchev–Trinajstić information content (AvgIpc) is 4.00. The molecule has 10 heterocycles. The van der Waals surface area contributed by atoms with Gasteiger partial charge in [-0.1, -0.05) is 54.6 Å². The highest BCUT2D eigenvalue weighted by Crippen LogP contribution is 2.44. The summed E-state index contributed by atoms with van der Waals surface area (Å²) in [4.78, 5) is 34.6. The normalized spacial score (nSPS) is 12.9. The van der Waals surface area contributed by atoms with Crippen molar-refractivity contribution >= 4 is 89.4 Å². The minimum atomic E-state index is -0.0991. The van der Waals surface area contributed by atoms with Crippen molar-refractivity contribution in [2.75, 3.05) is 0 Å². The van der Waals surface area contributed by atoms with Crippen LogP contribution >= 0.6 is 0 Å². The van der Waals surface area contributed by atoms with E-state index in [9.17, 15) is 0 Å². The van der Waals surface area contributed by atoms with Crippen molar-refractivity contribution in [1.29, 1.82) is 0 Å². The molecule has 0 amide bonds. The van der Waals surface area contributed by atoms with Gasteiger partial charge in [-0.05, 0) is 64.9 Å². The summed E-state index contributed by atoms with van der Waals surface area (Å²) in [6, 6.07) is 36.2. The van der Waals surface area contributed by atoms with Crippen LogP contribution in [0.3, 0.4) is 0 Å². The number of fused-ring (bicyclic) bond motifs is 14. The van der Waals surface area contributed by atoms with Gasteiger partial charge in [0.05, 0.1) is 27.3 Å². The lowest BCUT2D eigenvalue weighted by Crippen LogP contribution is -2.59. The van der Waals surface area contributed by atoms with E-state index in [0.717, 1.165) is 94.6 Å². The minimum absolute atomic E-state index is 0.0991. The maximum Gasteiger partial charge on any atom is 0.252 e. The van der Waals surface area contributed by atoms with Crippen LogP contribution in [-0.2, 0) is 0 Å². The van der Waals surface area contributed by atoms with Crippen LogP contribution in [0.15, 0.2) is 147 Å². The quantitative estimate of drug-likeness (QED) is 0.195. The first-order valence-corrected chi connectivity index (χ1v) is 18.8. The fourth-order valence-corrected chi connectivity index (χ4v) is 9.90. The van der Waals surface area contributed by atoms with Crippen LogP contribution in [-0.4, -0.2) is 59.9 Å². The van der Waals surface area contributed by atoms with Gasteiger partial charge in [0.1, 0.15) is 22.3 Å². The molecule has 0 unspecified atom stereocenters. The molecule has 0 saturated carbocycles. The largest absolute Gasteiger partial charge is 0.296 e. The van der Waals surface area contributed by atoms with Gasteiger partial charge in [0, 0.05) is 77.1 Å². The van der Waals surface area contributed by atoms with Crippen LogP contribution in [0.4, 0.5) is 0 Å². The summed E-state index contributed by atoms with van der Waals surface area (Å²) in [5, 5.41) is 3.16. The molecule has 0 aliphatic carbocycles. The molecule has 8 aromatic heterocycles. The Bertz CT molecular complexity index is 3480. The van der Waals surface area contributed by atoms with Gasteiger partial charge in [0.25, 0.3) is 6.71 Å². The first-order valence-electron chi connectivity index (χ1n) is 18.8. The third kappa shape index (κ3) is 3.52. The van der Waals surface area contributed by atoms with Crippen LogP contribution in [0, 0.1) is 0 Å². The Labute approximate surface area is 322 Å². The van der Waals surface area contributed by atoms with E-state index >= 15 is 0 Å². The molecule has 0 fully saturated rings. The molecule has 12 aromatic rings. The van der Waals surface area contributed by atoms with Crippen molar-refractivity contribution in [3.05, 3.63) is 147 Å². The second kappa shape index (κ2) is 10.4. The van der Waals surface area contributed by atoms with E-state index < -0.39 is 0 Å². The van der Waals surface area contributed by atoms with Gasteiger partial charge in [-0.25, -0.2) is 19.9 Å². The Kier molecular flexibility index (Phi) is 5.36. The summed E-state index contributed by atoms with van der Waals surface area (Å²) in [7, 11) is 0. The summed E-state index contributed by atoms with van der Waals surface area (Å²) >= 11 is 0. The summed E-state index contributed by atoms with van der Waals surface area (Å²) < 4.78 is 9.33. The van der Waals surface area contributed by atoms with Gasteiger partial charge in [-0.2, -0.15) is 0 Å². The first kappa shape index (κ1) is 29.4. The number of rotatable bonds is 3. The molecule has 2 aliphatic rings. The second-order valence-corrected chi connectivity index (χ2v) is 14.6. The Morgan fingerprint density at radius 2 is 1.00 bits per heavy atom. The van der Waals surface area contributed by atoms with E-state index in [1.54, 1.807) is 37.2 Å². The minimum Gasteiger partial charge on any atom is -0.296 e. The fourth-order valence-electron chi connectivity index (χ4n) is 9.90. The highest BCUT2D eigenvalue weighted by atomic mass is 15.2. The molecule has 11 nitrogen and oxygen atoms in total. The Balaban J connectivity index is 1.24. The maximum atomic E-state index is 5.14. The van der Waals surface area contributed by atoms with Crippen LogP contribution in [0.25, 0.3) is 100 Å². The van der Waals surface area contributed by atoms with Crippen LogP contribution in [0.1, 0.15) is 0 Å². The standard InChI is InChI=1S/C45H24BN11/c1-3-9-26(10-4-1)54-42-37(48-19-21-52-42)33-28-13-7-14-29-39(28)56(44(33)54)31-23-25(41-50-16-8-17-51-41)24-32-35(31)46(29)30-15-18-47-36-34-38-43(53-22-20-49-38)55(27-11-5-2-6-12-27)45(34)57(32)40(30)36/h1-24H. The van der Waals surface area contributed by atoms with Gasteiger partial charge in [0.2, 0.25) is 0 Å². The highest BCUT2D eigenvalue weighted by molar-refractivity contribution is 7.00. The molecule has 0 atom stereocenters. The molecule has 12 heteroatoms. The summed E-state index contributed by atoms with van der Waals surface area (Å²) in [6.07, 6.45) is 12.7. The van der Waals surface area contributed by atoms with Gasteiger partial charge >= 0.3 is 0 Å². The molecule has 262 valence electrons. The Morgan fingerprint density at radius 3 is 1.68 bits per heavy atom. The number of benzene rings is 4. The van der Waals surface area contributed by atoms with Gasteiger partial charge in [-0.3, -0.25) is 33.2 Å². The van der Waals surface area contributed by atoms with E-state index in [0.29, 0.717) is 5.82 Å². The highest BCUT2D eigenvalue weighted by Gasteiger charge is 2.43. The lowest BCUT2D eigenvalue weighted by Gasteiger charge is -2.34. The first-order chi connectivity index (χ1) is 28.3. The third-order valence-electron chi connectivity index (χ3n) is 11.9. The lowest BCUT2D eigenvalue weighted by atomic mass is 9.34. The average molecular weight is 730 g/mol. The molecule has 0 N–H and O–H groups in total. The topological polar surface area (TPSA) is 110 Å². The van der Waals surface area contributed by atoms with E-state index in [1.807, 2.05) is 24.4 Å². The molecular formula is C45H24BN11. The predicted molar refractivity (Wildman–Crippen MR) is 223 cm³/mol. The molecular weight excluding hydrogens is 705 g/mol. The number of nitrogens with zero attached hydrogens (tertiary/aromatic N) is 11. The lowest BCUT2D eigenvalue weighted by molar-refractivity contribution is 1.03. The molecule has 0 spiro atoms. The monoisotopic (exact) mass is 729 g/mol. The Morgan fingerprint density at radius 1 is 0.421 bits per heavy atom. The van der Waals surface area contributed by atoms with Crippen molar-refractivity contribution in [2.24, 2.45) is 0 Å². The van der Waals surface area contributed by atoms with Gasteiger partial charge in [-0.15, -0.1) is 0 Å². The predicted octanol–water partition coefficient (Wildman–Crippen LogP) is 6.34. The second-order valence-electron chi connectivity index (χ2n) is 14.6. The van der Waals surface area contributed by atoms with Crippen LogP contribution in [0.5, 0.6) is 0 Å². The van der Waals surface area contributed by atoms with Crippen molar-refractivity contribution < 1.29 is 0 Å². The van der Waals surface area contributed by atoms with Crippen LogP contribution in [0.2, 0.25) is 0 Å². The molecule has 4 aromatic carbocycles. The summed E-state index contributed by atoms with van der Waals surface area (Å²) in [5.74, 6) is 0.641. The van der Waals surface area contributed by atoms with Crippen molar-refractivity contribution in [1.82, 2.24) is 53.2 Å². The zero-order valence-corrected chi connectivity index (χ0v) is 29.9. The molecule has 57 heavy (non-hydrogen) atoms. The smallest absolute Gasteiger partial charge is 0.252 e. The number of pyridine rings is 1. The summed E-state index contributed by atoms with van der Waals surface area (Å²) in [5.41, 5.74) is 16.9. The number of hydrogen-bond acceptors (Lipinski definition) is 7. The molecule has 0 bridgehead atoms. The number of aromatic nitrogens is 11. The zero-order valence-electron chi connectivity index (χ0n) is 29.9. The van der Waals surface area contributed by atoms with Gasteiger partial charge < -0.3 is 0 Å². The third-order valence-corrected chi connectivity index (χ3v) is 11.9. The SMILES string of the molecule is c1ccc(-n2c3nccnc3c3c4cccc5c4n(c32)-c2cc(-c3ncccn3)cc3c2B5c2ccnc4c5c6nccnc6n(-c6ccccc6)c5n-3c24)cc1. The van der Waals surface area contributed by atoms with Crippen molar-refractivity contribution in [2.45, 2.75) is 0 Å². The number of para-hydroxylation sites is 3. The number of hydrogen-bond donors (Lipinski definition) is 0. The van der Waals surface area contributed by atoms with Gasteiger partial charge in [0.15, 0.2) is 17.1 Å².